The van der Waals surface area contributed by atoms with Crippen LogP contribution < -0.4 is 5.32 Å². The van der Waals surface area contributed by atoms with E-state index in [1.807, 2.05) is 26.0 Å². The number of piperidine rings is 1. The highest BCUT2D eigenvalue weighted by molar-refractivity contribution is 7.89. The van der Waals surface area contributed by atoms with E-state index in [0.29, 0.717) is 24.3 Å². The molecule has 1 N–H and O–H groups in total. The smallest absolute Gasteiger partial charge is 0.255 e. The maximum Gasteiger partial charge on any atom is 0.255 e. The number of aryl methyl sites for hydroxylation is 2. The number of amides is 1. The molecule has 1 aliphatic rings. The number of rotatable bonds is 4. The summed E-state index contributed by atoms with van der Waals surface area (Å²) in [4.78, 5) is 12.8. The van der Waals surface area contributed by atoms with Crippen molar-refractivity contribution >= 4 is 21.6 Å². The van der Waals surface area contributed by atoms with E-state index >= 15 is 0 Å². The van der Waals surface area contributed by atoms with Crippen LogP contribution >= 0.6 is 0 Å². The Morgan fingerprint density at radius 1 is 0.962 bits per heavy atom. The fraction of sp³-hybridized carbons (Fsp3) is 0.350. The lowest BCUT2D eigenvalue weighted by atomic mass is 10.1. The summed E-state index contributed by atoms with van der Waals surface area (Å²) in [5, 5.41) is 2.77. The topological polar surface area (TPSA) is 66.5 Å². The molecular formula is C20H24N2O3S. The number of nitrogens with zero attached hydrogens (tertiary/aromatic N) is 1. The number of benzene rings is 2. The molecule has 2 aromatic rings. The molecule has 0 aromatic heterocycles. The molecule has 1 amide bonds. The minimum atomic E-state index is -3.62. The molecule has 2 aromatic carbocycles. The molecule has 0 radical (unpaired) electrons. The zero-order valence-electron chi connectivity index (χ0n) is 15.2. The second kappa shape index (κ2) is 7.60. The van der Waals surface area contributed by atoms with Gasteiger partial charge in [-0.3, -0.25) is 4.79 Å². The number of hydrogen-bond acceptors (Lipinski definition) is 3. The van der Waals surface area contributed by atoms with Crippen LogP contribution in [0.3, 0.4) is 0 Å². The van der Waals surface area contributed by atoms with Crippen molar-refractivity contribution in [2.45, 2.75) is 38.0 Å². The monoisotopic (exact) mass is 372 g/mol. The second-order valence-electron chi connectivity index (χ2n) is 6.71. The molecule has 0 spiro atoms. The van der Waals surface area contributed by atoms with Gasteiger partial charge < -0.3 is 5.32 Å². The Bertz CT molecular complexity index is 916. The number of sulfonamides is 1. The predicted molar refractivity (Wildman–Crippen MR) is 103 cm³/mol. The summed E-state index contributed by atoms with van der Waals surface area (Å²) in [5.74, 6) is -0.311. The van der Waals surface area contributed by atoms with E-state index in [0.717, 1.165) is 30.4 Å². The SMILES string of the molecule is Cc1ccc(C(=O)Nc2ccccc2S(=O)(=O)N2CCCCC2)cc1C. The zero-order chi connectivity index (χ0) is 18.7. The van der Waals surface area contributed by atoms with E-state index in [1.54, 1.807) is 30.3 Å². The molecule has 1 fully saturated rings. The van der Waals surface area contributed by atoms with Crippen molar-refractivity contribution in [3.05, 3.63) is 59.2 Å². The Kier molecular flexibility index (Phi) is 5.44. The van der Waals surface area contributed by atoms with Crippen LogP contribution in [-0.4, -0.2) is 31.7 Å². The van der Waals surface area contributed by atoms with E-state index in [2.05, 4.69) is 5.32 Å². The third kappa shape index (κ3) is 3.81. The average Bonchev–Trinajstić information content (AvgIpc) is 2.65. The molecule has 0 saturated carbocycles. The zero-order valence-corrected chi connectivity index (χ0v) is 16.0. The normalized spacial score (nSPS) is 15.6. The van der Waals surface area contributed by atoms with Gasteiger partial charge in [-0.25, -0.2) is 8.42 Å². The van der Waals surface area contributed by atoms with E-state index in [-0.39, 0.29) is 10.8 Å². The van der Waals surface area contributed by atoms with Crippen molar-refractivity contribution in [3.63, 3.8) is 0 Å². The van der Waals surface area contributed by atoms with Crippen molar-refractivity contribution in [2.75, 3.05) is 18.4 Å². The molecule has 3 rings (SSSR count). The minimum Gasteiger partial charge on any atom is -0.321 e. The summed E-state index contributed by atoms with van der Waals surface area (Å²) in [5.41, 5.74) is 2.96. The van der Waals surface area contributed by atoms with Crippen molar-refractivity contribution < 1.29 is 13.2 Å². The Morgan fingerprint density at radius 3 is 2.35 bits per heavy atom. The molecule has 138 valence electrons. The Labute approximate surface area is 155 Å². The number of carbonyl (C=O) groups excluding carboxylic acids is 1. The van der Waals surface area contributed by atoms with Gasteiger partial charge in [0.15, 0.2) is 0 Å². The van der Waals surface area contributed by atoms with Gasteiger partial charge >= 0.3 is 0 Å². The van der Waals surface area contributed by atoms with Crippen molar-refractivity contribution in [1.29, 1.82) is 0 Å². The van der Waals surface area contributed by atoms with Gasteiger partial charge in [-0.15, -0.1) is 0 Å². The standard InChI is InChI=1S/C20H24N2O3S/c1-15-10-11-17(14-16(15)2)20(23)21-18-8-4-5-9-19(18)26(24,25)22-12-6-3-7-13-22/h4-5,8-11,14H,3,6-7,12-13H2,1-2H3,(H,21,23). The van der Waals surface area contributed by atoms with Crippen LogP contribution in [0.2, 0.25) is 0 Å². The first-order valence-corrected chi connectivity index (χ1v) is 10.3. The van der Waals surface area contributed by atoms with Crippen molar-refractivity contribution in [2.24, 2.45) is 0 Å². The van der Waals surface area contributed by atoms with E-state index in [4.69, 9.17) is 0 Å². The lowest BCUT2D eigenvalue weighted by molar-refractivity contribution is 0.102. The maximum atomic E-state index is 13.0. The summed E-state index contributed by atoms with van der Waals surface area (Å²) in [6.07, 6.45) is 2.80. The molecule has 0 unspecified atom stereocenters. The van der Waals surface area contributed by atoms with Gasteiger partial charge in [0.05, 0.1) is 5.69 Å². The van der Waals surface area contributed by atoms with Gasteiger partial charge in [-0.1, -0.05) is 24.6 Å². The lowest BCUT2D eigenvalue weighted by Gasteiger charge is -2.26. The summed E-state index contributed by atoms with van der Waals surface area (Å²) in [6, 6.07) is 12.1. The second-order valence-corrected chi connectivity index (χ2v) is 8.62. The molecule has 6 heteroatoms. The summed E-state index contributed by atoms with van der Waals surface area (Å²) >= 11 is 0. The van der Waals surface area contributed by atoms with Gasteiger partial charge in [0, 0.05) is 18.7 Å². The quantitative estimate of drug-likeness (QED) is 0.889. The van der Waals surface area contributed by atoms with Gasteiger partial charge in [0.1, 0.15) is 4.90 Å². The molecule has 0 aliphatic carbocycles. The largest absolute Gasteiger partial charge is 0.321 e. The van der Waals surface area contributed by atoms with Crippen LogP contribution in [0, 0.1) is 13.8 Å². The minimum absolute atomic E-state index is 0.152. The third-order valence-electron chi connectivity index (χ3n) is 4.84. The summed E-state index contributed by atoms with van der Waals surface area (Å²) in [7, 11) is -3.62. The van der Waals surface area contributed by atoms with Crippen LogP contribution in [0.4, 0.5) is 5.69 Å². The number of para-hydroxylation sites is 1. The van der Waals surface area contributed by atoms with E-state index in [1.165, 1.54) is 4.31 Å². The highest BCUT2D eigenvalue weighted by Gasteiger charge is 2.28. The van der Waals surface area contributed by atoms with Crippen LogP contribution in [0.15, 0.2) is 47.4 Å². The molecule has 1 heterocycles. The number of anilines is 1. The first kappa shape index (κ1) is 18.6. The Hall–Kier alpha value is -2.18. The third-order valence-corrected chi connectivity index (χ3v) is 6.79. The molecule has 1 saturated heterocycles. The highest BCUT2D eigenvalue weighted by atomic mass is 32.2. The van der Waals surface area contributed by atoms with Crippen LogP contribution in [-0.2, 0) is 10.0 Å². The van der Waals surface area contributed by atoms with E-state index in [9.17, 15) is 13.2 Å². The molecule has 5 nitrogen and oxygen atoms in total. The molecular weight excluding hydrogens is 348 g/mol. The maximum absolute atomic E-state index is 13.0. The summed E-state index contributed by atoms with van der Waals surface area (Å²) < 4.78 is 27.5. The molecule has 0 bridgehead atoms. The lowest BCUT2D eigenvalue weighted by Crippen LogP contribution is -2.36. The first-order valence-electron chi connectivity index (χ1n) is 8.87. The number of nitrogens with one attached hydrogen (secondary N) is 1. The average molecular weight is 372 g/mol. The fourth-order valence-electron chi connectivity index (χ4n) is 3.12. The molecule has 26 heavy (non-hydrogen) atoms. The van der Waals surface area contributed by atoms with Crippen molar-refractivity contribution in [1.82, 2.24) is 4.31 Å². The molecule has 1 aliphatic heterocycles. The Morgan fingerprint density at radius 2 is 1.65 bits per heavy atom. The van der Waals surface area contributed by atoms with Crippen LogP contribution in [0.5, 0.6) is 0 Å². The van der Waals surface area contributed by atoms with Crippen molar-refractivity contribution in [3.8, 4) is 0 Å². The summed E-state index contributed by atoms with van der Waals surface area (Å²) in [6.45, 7) is 4.99. The van der Waals surface area contributed by atoms with Crippen LogP contribution in [0.1, 0.15) is 40.7 Å². The van der Waals surface area contributed by atoms with Gasteiger partial charge in [0.2, 0.25) is 10.0 Å². The fourth-order valence-corrected chi connectivity index (χ4v) is 4.78. The predicted octanol–water partition coefficient (Wildman–Crippen LogP) is 3.73. The van der Waals surface area contributed by atoms with Gasteiger partial charge in [0.25, 0.3) is 5.91 Å². The first-order chi connectivity index (χ1) is 12.4. The Balaban J connectivity index is 1.89. The number of carbonyl (C=O) groups is 1. The van der Waals surface area contributed by atoms with Gasteiger partial charge in [-0.2, -0.15) is 4.31 Å². The van der Waals surface area contributed by atoms with Crippen LogP contribution in [0.25, 0.3) is 0 Å². The van der Waals surface area contributed by atoms with E-state index < -0.39 is 10.0 Å². The highest BCUT2D eigenvalue weighted by Crippen LogP contribution is 2.27. The van der Waals surface area contributed by atoms with Gasteiger partial charge in [-0.05, 0) is 62.1 Å². The molecule has 0 atom stereocenters. The number of hydrogen-bond donors (Lipinski definition) is 1.